The zero-order valence-electron chi connectivity index (χ0n) is 8.87. The molecule has 2 rings (SSSR count). The molecule has 0 aliphatic carbocycles. The summed E-state index contributed by atoms with van der Waals surface area (Å²) in [6, 6.07) is 4.47. The summed E-state index contributed by atoms with van der Waals surface area (Å²) in [6.07, 6.45) is 2.64. The molecular formula is C12H13FN2. The van der Waals surface area contributed by atoms with Crippen LogP contribution < -0.4 is 0 Å². The number of rotatable bonds is 2. The van der Waals surface area contributed by atoms with Crippen LogP contribution in [0.4, 0.5) is 4.39 Å². The predicted molar refractivity (Wildman–Crippen MR) is 58.0 cm³/mol. The third-order valence-corrected chi connectivity index (χ3v) is 2.17. The van der Waals surface area contributed by atoms with Crippen molar-refractivity contribution >= 4 is 11.0 Å². The van der Waals surface area contributed by atoms with Crippen molar-refractivity contribution in [1.82, 2.24) is 9.97 Å². The average Bonchev–Trinajstić information content (AvgIpc) is 2.16. The lowest BCUT2D eigenvalue weighted by Gasteiger charge is -2.04. The monoisotopic (exact) mass is 204 g/mol. The standard InChI is InChI=1S/C12H13FN2/c1-8(2)5-10-7-14-11-4-3-9(13)6-12(11)15-10/h3-4,6-8H,5H2,1-2H3. The van der Waals surface area contributed by atoms with Gasteiger partial charge in [0.25, 0.3) is 0 Å². The molecule has 1 aromatic carbocycles. The van der Waals surface area contributed by atoms with Crippen molar-refractivity contribution in [1.29, 1.82) is 0 Å². The van der Waals surface area contributed by atoms with E-state index in [1.807, 2.05) is 0 Å². The highest BCUT2D eigenvalue weighted by atomic mass is 19.1. The van der Waals surface area contributed by atoms with Crippen molar-refractivity contribution in [2.75, 3.05) is 0 Å². The Bertz CT molecular complexity index is 480. The highest BCUT2D eigenvalue weighted by Gasteiger charge is 2.03. The zero-order chi connectivity index (χ0) is 10.8. The van der Waals surface area contributed by atoms with E-state index in [2.05, 4.69) is 23.8 Å². The van der Waals surface area contributed by atoms with Gasteiger partial charge < -0.3 is 0 Å². The molecule has 0 N–H and O–H groups in total. The fourth-order valence-corrected chi connectivity index (χ4v) is 1.54. The molecule has 0 unspecified atom stereocenters. The molecule has 1 aromatic heterocycles. The normalized spacial score (nSPS) is 11.2. The van der Waals surface area contributed by atoms with Gasteiger partial charge in [0.1, 0.15) is 5.82 Å². The molecule has 2 aromatic rings. The van der Waals surface area contributed by atoms with E-state index >= 15 is 0 Å². The van der Waals surface area contributed by atoms with Crippen molar-refractivity contribution in [2.24, 2.45) is 5.92 Å². The topological polar surface area (TPSA) is 25.8 Å². The lowest BCUT2D eigenvalue weighted by Crippen LogP contribution is -1.98. The third-order valence-electron chi connectivity index (χ3n) is 2.17. The fourth-order valence-electron chi connectivity index (χ4n) is 1.54. The molecule has 0 saturated heterocycles. The minimum Gasteiger partial charge on any atom is -0.253 e. The molecule has 0 bridgehead atoms. The van der Waals surface area contributed by atoms with Gasteiger partial charge in [-0.2, -0.15) is 0 Å². The van der Waals surface area contributed by atoms with Gasteiger partial charge in [0.05, 0.1) is 16.7 Å². The Morgan fingerprint density at radius 2 is 2.07 bits per heavy atom. The summed E-state index contributed by atoms with van der Waals surface area (Å²) in [5, 5.41) is 0. The van der Waals surface area contributed by atoms with Crippen LogP contribution in [0.1, 0.15) is 19.5 Å². The maximum Gasteiger partial charge on any atom is 0.125 e. The summed E-state index contributed by atoms with van der Waals surface area (Å²) in [6.45, 7) is 4.24. The van der Waals surface area contributed by atoms with Crippen LogP contribution in [0.15, 0.2) is 24.4 Å². The van der Waals surface area contributed by atoms with Crippen molar-refractivity contribution < 1.29 is 4.39 Å². The van der Waals surface area contributed by atoms with Crippen LogP contribution in [0.25, 0.3) is 11.0 Å². The molecule has 78 valence electrons. The molecule has 0 amide bonds. The number of halogens is 1. The van der Waals surface area contributed by atoms with Crippen LogP contribution in [-0.4, -0.2) is 9.97 Å². The summed E-state index contributed by atoms with van der Waals surface area (Å²) in [7, 11) is 0. The fraction of sp³-hybridized carbons (Fsp3) is 0.333. The summed E-state index contributed by atoms with van der Waals surface area (Å²) >= 11 is 0. The highest BCUT2D eigenvalue weighted by molar-refractivity contribution is 5.73. The molecule has 0 atom stereocenters. The lowest BCUT2D eigenvalue weighted by molar-refractivity contribution is 0.627. The molecular weight excluding hydrogens is 191 g/mol. The Morgan fingerprint density at radius 3 is 2.80 bits per heavy atom. The van der Waals surface area contributed by atoms with Gasteiger partial charge in [-0.3, -0.25) is 4.98 Å². The van der Waals surface area contributed by atoms with Crippen LogP contribution in [-0.2, 0) is 6.42 Å². The molecule has 0 fully saturated rings. The lowest BCUT2D eigenvalue weighted by atomic mass is 10.1. The molecule has 15 heavy (non-hydrogen) atoms. The Kier molecular flexibility index (Phi) is 2.62. The Hall–Kier alpha value is -1.51. The molecule has 2 nitrogen and oxygen atoms in total. The number of aromatic nitrogens is 2. The number of benzene rings is 1. The maximum absolute atomic E-state index is 13.0. The first-order valence-electron chi connectivity index (χ1n) is 5.06. The van der Waals surface area contributed by atoms with E-state index in [4.69, 9.17) is 0 Å². The number of hydrogen-bond acceptors (Lipinski definition) is 2. The van der Waals surface area contributed by atoms with E-state index in [1.54, 1.807) is 12.3 Å². The first-order chi connectivity index (χ1) is 7.15. The molecule has 0 aliphatic rings. The minimum absolute atomic E-state index is 0.265. The SMILES string of the molecule is CC(C)Cc1cnc2ccc(F)cc2n1. The molecule has 0 radical (unpaired) electrons. The number of hydrogen-bond donors (Lipinski definition) is 0. The van der Waals surface area contributed by atoms with Crippen LogP contribution in [0.5, 0.6) is 0 Å². The van der Waals surface area contributed by atoms with E-state index in [1.165, 1.54) is 12.1 Å². The predicted octanol–water partition coefficient (Wildman–Crippen LogP) is 2.97. The molecule has 0 aliphatic heterocycles. The summed E-state index contributed by atoms with van der Waals surface area (Å²) in [5.41, 5.74) is 2.29. The van der Waals surface area contributed by atoms with E-state index in [9.17, 15) is 4.39 Å². The van der Waals surface area contributed by atoms with Crippen LogP contribution in [0.3, 0.4) is 0 Å². The number of nitrogens with zero attached hydrogens (tertiary/aromatic N) is 2. The Labute approximate surface area is 88.2 Å². The second-order valence-electron chi connectivity index (χ2n) is 4.09. The molecule has 0 spiro atoms. The molecule has 1 heterocycles. The van der Waals surface area contributed by atoms with Crippen LogP contribution >= 0.6 is 0 Å². The third kappa shape index (κ3) is 2.29. The van der Waals surface area contributed by atoms with Gasteiger partial charge in [-0.25, -0.2) is 9.37 Å². The average molecular weight is 204 g/mol. The number of fused-ring (bicyclic) bond motifs is 1. The smallest absolute Gasteiger partial charge is 0.125 e. The quantitative estimate of drug-likeness (QED) is 0.751. The first-order valence-corrected chi connectivity index (χ1v) is 5.06. The zero-order valence-corrected chi connectivity index (χ0v) is 8.87. The van der Waals surface area contributed by atoms with Crippen molar-refractivity contribution in [2.45, 2.75) is 20.3 Å². The second kappa shape index (κ2) is 3.93. The molecule has 0 saturated carbocycles. The highest BCUT2D eigenvalue weighted by Crippen LogP contribution is 2.13. The largest absolute Gasteiger partial charge is 0.253 e. The van der Waals surface area contributed by atoms with Gasteiger partial charge in [-0.15, -0.1) is 0 Å². The Morgan fingerprint density at radius 1 is 1.27 bits per heavy atom. The van der Waals surface area contributed by atoms with E-state index < -0.39 is 0 Å². The van der Waals surface area contributed by atoms with E-state index in [0.29, 0.717) is 11.4 Å². The van der Waals surface area contributed by atoms with Crippen molar-refractivity contribution in [3.63, 3.8) is 0 Å². The maximum atomic E-state index is 13.0. The van der Waals surface area contributed by atoms with Gasteiger partial charge in [-0.1, -0.05) is 13.8 Å². The van der Waals surface area contributed by atoms with Gasteiger partial charge >= 0.3 is 0 Å². The van der Waals surface area contributed by atoms with Crippen LogP contribution in [0, 0.1) is 11.7 Å². The van der Waals surface area contributed by atoms with Crippen molar-refractivity contribution in [3.05, 3.63) is 35.9 Å². The summed E-state index contributed by atoms with van der Waals surface area (Å²) in [4.78, 5) is 8.62. The minimum atomic E-state index is -0.265. The first kappa shape index (κ1) is 10.0. The summed E-state index contributed by atoms with van der Waals surface area (Å²) in [5.74, 6) is 0.267. The van der Waals surface area contributed by atoms with Crippen LogP contribution in [0.2, 0.25) is 0 Å². The van der Waals surface area contributed by atoms with Gasteiger partial charge in [0.2, 0.25) is 0 Å². The Balaban J connectivity index is 2.45. The van der Waals surface area contributed by atoms with Gasteiger partial charge in [0.15, 0.2) is 0 Å². The van der Waals surface area contributed by atoms with E-state index in [-0.39, 0.29) is 5.82 Å². The second-order valence-corrected chi connectivity index (χ2v) is 4.09. The molecule has 3 heteroatoms. The van der Waals surface area contributed by atoms with Gasteiger partial charge in [-0.05, 0) is 24.5 Å². The van der Waals surface area contributed by atoms with Gasteiger partial charge in [0, 0.05) is 12.3 Å². The van der Waals surface area contributed by atoms with Crippen molar-refractivity contribution in [3.8, 4) is 0 Å². The summed E-state index contributed by atoms with van der Waals surface area (Å²) < 4.78 is 13.0. The van der Waals surface area contributed by atoms with E-state index in [0.717, 1.165) is 17.6 Å².